The fraction of sp³-hybridized carbons (Fsp3) is 0.440. The summed E-state index contributed by atoms with van der Waals surface area (Å²) in [4.78, 5) is 12.8. The van der Waals surface area contributed by atoms with Crippen molar-refractivity contribution in [2.75, 3.05) is 0 Å². The molecule has 1 aliphatic carbocycles. The minimum Gasteiger partial charge on any atom is -0.489 e. The second kappa shape index (κ2) is 7.55. The van der Waals surface area contributed by atoms with Gasteiger partial charge in [-0.1, -0.05) is 52.3 Å². The third-order valence-electron chi connectivity index (χ3n) is 6.26. The maximum Gasteiger partial charge on any atom is 0.251 e. The summed E-state index contributed by atoms with van der Waals surface area (Å²) in [7, 11) is 0. The Morgan fingerprint density at radius 1 is 1.10 bits per heavy atom. The van der Waals surface area contributed by atoms with E-state index < -0.39 is 0 Å². The van der Waals surface area contributed by atoms with Crippen molar-refractivity contribution in [3.8, 4) is 11.8 Å². The molecular weight excluding hydrogens is 360 g/mol. The first kappa shape index (κ1) is 20.9. The number of aryl methyl sites for hydroxylation is 2. The average Bonchev–Trinajstić information content (AvgIpc) is 2.69. The van der Waals surface area contributed by atoms with Crippen molar-refractivity contribution in [3.63, 3.8) is 0 Å². The van der Waals surface area contributed by atoms with E-state index in [0.29, 0.717) is 11.1 Å². The summed E-state index contributed by atoms with van der Waals surface area (Å²) in [6, 6.07) is 15.5. The van der Waals surface area contributed by atoms with Crippen molar-refractivity contribution in [1.82, 2.24) is 5.32 Å². The van der Waals surface area contributed by atoms with E-state index in [2.05, 4.69) is 39.1 Å². The van der Waals surface area contributed by atoms with E-state index in [0.717, 1.165) is 23.3 Å². The first-order valence-electron chi connectivity index (χ1n) is 10.2. The highest BCUT2D eigenvalue weighted by Gasteiger charge is 2.64. The molecule has 152 valence electrons. The lowest BCUT2D eigenvalue weighted by atomic mass is 9.49. The fourth-order valence-corrected chi connectivity index (χ4v) is 4.90. The van der Waals surface area contributed by atoms with Gasteiger partial charge in [0.15, 0.2) is 0 Å². The van der Waals surface area contributed by atoms with Crippen LogP contribution in [-0.2, 0) is 6.42 Å². The molecule has 0 aromatic heterocycles. The average molecular weight is 391 g/mol. The molecule has 0 aliphatic heterocycles. The van der Waals surface area contributed by atoms with Crippen molar-refractivity contribution < 1.29 is 9.53 Å². The second-order valence-corrected chi connectivity index (χ2v) is 9.20. The van der Waals surface area contributed by atoms with Crippen LogP contribution in [0.4, 0.5) is 0 Å². The van der Waals surface area contributed by atoms with Gasteiger partial charge in [0, 0.05) is 22.4 Å². The molecule has 1 saturated carbocycles. The van der Waals surface area contributed by atoms with Gasteiger partial charge in [-0.3, -0.25) is 4.79 Å². The molecule has 0 bridgehead atoms. The zero-order valence-electron chi connectivity index (χ0n) is 18.2. The minimum absolute atomic E-state index is 0.0159. The lowest BCUT2D eigenvalue weighted by molar-refractivity contribution is -0.164. The predicted molar refractivity (Wildman–Crippen MR) is 115 cm³/mol. The predicted octanol–water partition coefficient (Wildman–Crippen LogP) is 5.04. The monoisotopic (exact) mass is 390 g/mol. The van der Waals surface area contributed by atoms with Crippen LogP contribution < -0.4 is 10.1 Å². The topological polar surface area (TPSA) is 62.1 Å². The van der Waals surface area contributed by atoms with Crippen molar-refractivity contribution in [1.29, 1.82) is 5.26 Å². The van der Waals surface area contributed by atoms with Crippen LogP contribution in [0.25, 0.3) is 0 Å². The lowest BCUT2D eigenvalue weighted by Crippen LogP contribution is -2.74. The van der Waals surface area contributed by atoms with Gasteiger partial charge in [-0.25, -0.2) is 0 Å². The Kier molecular flexibility index (Phi) is 5.45. The van der Waals surface area contributed by atoms with E-state index in [1.54, 1.807) is 0 Å². The summed E-state index contributed by atoms with van der Waals surface area (Å²) in [6.45, 7) is 12.6. The van der Waals surface area contributed by atoms with E-state index in [-0.39, 0.29) is 28.9 Å². The van der Waals surface area contributed by atoms with Gasteiger partial charge in [-0.2, -0.15) is 5.26 Å². The smallest absolute Gasteiger partial charge is 0.251 e. The zero-order valence-corrected chi connectivity index (χ0v) is 18.2. The van der Waals surface area contributed by atoms with E-state index >= 15 is 0 Å². The number of hydrogen-bond acceptors (Lipinski definition) is 3. The van der Waals surface area contributed by atoms with Crippen molar-refractivity contribution in [2.24, 2.45) is 10.8 Å². The highest BCUT2D eigenvalue weighted by atomic mass is 16.5. The highest BCUT2D eigenvalue weighted by molar-refractivity contribution is 5.94. The number of nitrogens with one attached hydrogen (secondary N) is 1. The van der Waals surface area contributed by atoms with E-state index in [9.17, 15) is 10.1 Å². The quantitative estimate of drug-likeness (QED) is 0.778. The molecule has 4 heteroatoms. The molecule has 4 nitrogen and oxygen atoms in total. The van der Waals surface area contributed by atoms with Gasteiger partial charge in [-0.05, 0) is 49.2 Å². The molecule has 29 heavy (non-hydrogen) atoms. The summed E-state index contributed by atoms with van der Waals surface area (Å²) in [6.07, 6.45) is 0.725. The molecule has 2 aromatic carbocycles. The van der Waals surface area contributed by atoms with Gasteiger partial charge in [0.25, 0.3) is 5.91 Å². The standard InChI is InChI=1S/C25H30N2O2/c1-7-17-14-20(13-12-19(17)15-26)29-23-24(3,4)22(25(23,5)6)27-21(28)18-10-8-16(2)9-11-18/h8-14,22-23H,7H2,1-6H3,(H,27,28). The third-order valence-corrected chi connectivity index (χ3v) is 6.26. The SMILES string of the molecule is CCc1cc(OC2C(C)(C)C(NC(=O)c3ccc(C)cc3)C2(C)C)ccc1C#N. The van der Waals surface area contributed by atoms with Crippen LogP contribution in [-0.4, -0.2) is 18.1 Å². The van der Waals surface area contributed by atoms with E-state index in [1.165, 1.54) is 0 Å². The van der Waals surface area contributed by atoms with Crippen molar-refractivity contribution in [2.45, 2.75) is 60.1 Å². The first-order chi connectivity index (χ1) is 13.6. The molecule has 3 rings (SSSR count). The van der Waals surface area contributed by atoms with Gasteiger partial charge >= 0.3 is 0 Å². The molecule has 1 aliphatic rings. The van der Waals surface area contributed by atoms with Crippen LogP contribution in [0.2, 0.25) is 0 Å². The van der Waals surface area contributed by atoms with Crippen molar-refractivity contribution in [3.05, 3.63) is 64.7 Å². The number of ether oxygens (including phenoxy) is 1. The van der Waals surface area contributed by atoms with E-state index in [1.807, 2.05) is 56.3 Å². The molecule has 1 fully saturated rings. The summed E-state index contributed by atoms with van der Waals surface area (Å²) in [5.41, 5.74) is 3.02. The molecule has 0 atom stereocenters. The summed E-state index contributed by atoms with van der Waals surface area (Å²) >= 11 is 0. The van der Waals surface area contributed by atoms with Crippen LogP contribution in [0.3, 0.4) is 0 Å². The molecule has 0 heterocycles. The van der Waals surface area contributed by atoms with Crippen LogP contribution in [0.15, 0.2) is 42.5 Å². The van der Waals surface area contributed by atoms with Gasteiger partial charge < -0.3 is 10.1 Å². The fourth-order valence-electron chi connectivity index (χ4n) is 4.90. The second-order valence-electron chi connectivity index (χ2n) is 9.20. The Morgan fingerprint density at radius 2 is 1.72 bits per heavy atom. The Balaban J connectivity index is 1.77. The third kappa shape index (κ3) is 3.74. The minimum atomic E-state index is -0.232. The number of nitriles is 1. The molecule has 0 saturated heterocycles. The Bertz CT molecular complexity index is 936. The van der Waals surface area contributed by atoms with Crippen molar-refractivity contribution >= 4 is 5.91 Å². The molecule has 0 radical (unpaired) electrons. The lowest BCUT2D eigenvalue weighted by Gasteiger charge is -2.63. The van der Waals surface area contributed by atoms with Gasteiger partial charge in [0.05, 0.1) is 11.6 Å². The molecule has 1 N–H and O–H groups in total. The number of rotatable bonds is 5. The zero-order chi connectivity index (χ0) is 21.4. The van der Waals surface area contributed by atoms with E-state index in [4.69, 9.17) is 4.74 Å². The molecular formula is C25H30N2O2. The number of hydrogen-bond donors (Lipinski definition) is 1. The normalized spacial score (nSPS) is 21.6. The first-order valence-corrected chi connectivity index (χ1v) is 10.2. The summed E-state index contributed by atoms with van der Waals surface area (Å²) in [5.74, 6) is 0.719. The van der Waals surface area contributed by atoms with Gasteiger partial charge in [-0.15, -0.1) is 0 Å². The van der Waals surface area contributed by atoms with Crippen LogP contribution >= 0.6 is 0 Å². The largest absolute Gasteiger partial charge is 0.489 e. The maximum atomic E-state index is 12.8. The Hall–Kier alpha value is -2.80. The van der Waals surface area contributed by atoms with Gasteiger partial charge in [0.2, 0.25) is 0 Å². The Labute approximate surface area is 173 Å². The highest BCUT2D eigenvalue weighted by Crippen LogP contribution is 2.55. The number of carbonyl (C=O) groups is 1. The molecule has 0 unspecified atom stereocenters. The van der Waals surface area contributed by atoms with Gasteiger partial charge in [0.1, 0.15) is 11.9 Å². The van der Waals surface area contributed by atoms with Crippen LogP contribution in [0.1, 0.15) is 61.7 Å². The summed E-state index contributed by atoms with van der Waals surface area (Å²) < 4.78 is 6.40. The van der Waals surface area contributed by atoms with Crippen LogP contribution in [0.5, 0.6) is 5.75 Å². The number of carbonyl (C=O) groups excluding carboxylic acids is 1. The van der Waals surface area contributed by atoms with Crippen LogP contribution in [0, 0.1) is 29.1 Å². The molecule has 1 amide bonds. The molecule has 0 spiro atoms. The summed E-state index contributed by atoms with van der Waals surface area (Å²) in [5, 5.41) is 12.5. The Morgan fingerprint density at radius 3 is 2.28 bits per heavy atom. The molecule has 2 aromatic rings. The number of benzene rings is 2. The number of nitrogens with zero attached hydrogens (tertiary/aromatic N) is 1. The number of amides is 1. The maximum absolute atomic E-state index is 12.8.